The van der Waals surface area contributed by atoms with E-state index in [0.29, 0.717) is 48.2 Å². The fourth-order valence-electron chi connectivity index (χ4n) is 4.30. The number of aromatic hydroxyl groups is 1. The maximum Gasteiger partial charge on any atom is 0.271 e. The molecule has 0 radical (unpaired) electrons. The van der Waals surface area contributed by atoms with Crippen LogP contribution in [0.25, 0.3) is 6.08 Å². The van der Waals surface area contributed by atoms with Gasteiger partial charge in [-0.15, -0.1) is 0 Å². The lowest BCUT2D eigenvalue weighted by Gasteiger charge is -2.25. The number of aromatic nitrogens is 1. The zero-order valence-corrected chi connectivity index (χ0v) is 22.6. The lowest BCUT2D eigenvalue weighted by molar-refractivity contribution is -0.113. The topological polar surface area (TPSA) is 92.9 Å². The summed E-state index contributed by atoms with van der Waals surface area (Å²) < 4.78 is 7.20. The third-order valence-corrected chi connectivity index (χ3v) is 7.54. The van der Waals surface area contributed by atoms with Crippen molar-refractivity contribution in [2.24, 2.45) is 4.99 Å². The van der Waals surface area contributed by atoms with Crippen molar-refractivity contribution in [1.82, 2.24) is 4.57 Å². The molecule has 0 aliphatic carbocycles. The van der Waals surface area contributed by atoms with Crippen molar-refractivity contribution in [2.75, 3.05) is 12.4 Å². The summed E-state index contributed by atoms with van der Waals surface area (Å²) in [6.45, 7) is 1.74. The number of halogens is 2. The molecule has 1 amide bonds. The molecule has 5 rings (SSSR count). The van der Waals surface area contributed by atoms with E-state index in [0.717, 1.165) is 11.3 Å². The quantitative estimate of drug-likeness (QED) is 0.360. The molecule has 2 heterocycles. The smallest absolute Gasteiger partial charge is 0.271 e. The number of amides is 1. The van der Waals surface area contributed by atoms with Gasteiger partial charge in [0.25, 0.3) is 11.5 Å². The summed E-state index contributed by atoms with van der Waals surface area (Å²) in [5, 5.41) is 13.7. The Balaban J connectivity index is 1.71. The van der Waals surface area contributed by atoms with Crippen molar-refractivity contribution in [3.05, 3.63) is 119 Å². The molecule has 0 unspecified atom stereocenters. The van der Waals surface area contributed by atoms with Crippen LogP contribution in [0.4, 0.5) is 5.69 Å². The summed E-state index contributed by atoms with van der Waals surface area (Å²) in [6.07, 6.45) is 1.52. The molecular weight excluding hydrogens is 545 g/mol. The first-order valence-electron chi connectivity index (χ1n) is 11.5. The first kappa shape index (κ1) is 25.8. The van der Waals surface area contributed by atoms with Crippen molar-refractivity contribution in [1.29, 1.82) is 0 Å². The molecule has 4 aromatic rings. The number of nitrogens with zero attached hydrogens (tertiary/aromatic N) is 2. The van der Waals surface area contributed by atoms with E-state index in [4.69, 9.17) is 27.9 Å². The Morgan fingerprint density at radius 2 is 1.89 bits per heavy atom. The largest absolute Gasteiger partial charge is 0.506 e. The summed E-state index contributed by atoms with van der Waals surface area (Å²) >= 11 is 13.3. The Kier molecular flexibility index (Phi) is 7.12. The van der Waals surface area contributed by atoms with E-state index in [1.807, 2.05) is 24.3 Å². The number of phenolic OH excluding ortho intramolecular Hbond substituents is 1. The number of hydrogen-bond acceptors (Lipinski definition) is 6. The Hall–Kier alpha value is -3.85. The minimum Gasteiger partial charge on any atom is -0.506 e. The number of para-hydroxylation sites is 1. The number of rotatable bonds is 5. The second kappa shape index (κ2) is 10.5. The normalized spacial score (nSPS) is 15.2. The van der Waals surface area contributed by atoms with Crippen LogP contribution in [0.3, 0.4) is 0 Å². The summed E-state index contributed by atoms with van der Waals surface area (Å²) in [6, 6.07) is 18.5. The molecule has 38 heavy (non-hydrogen) atoms. The Morgan fingerprint density at radius 1 is 1.13 bits per heavy atom. The van der Waals surface area contributed by atoms with Gasteiger partial charge < -0.3 is 15.2 Å². The Morgan fingerprint density at radius 3 is 2.63 bits per heavy atom. The van der Waals surface area contributed by atoms with Crippen molar-refractivity contribution < 1.29 is 14.6 Å². The number of allylic oxidation sites excluding steroid dienone is 1. The highest BCUT2D eigenvalue weighted by Gasteiger charge is 2.32. The molecule has 0 saturated carbocycles. The van der Waals surface area contributed by atoms with Crippen molar-refractivity contribution in [2.45, 2.75) is 13.0 Å². The van der Waals surface area contributed by atoms with E-state index in [2.05, 4.69) is 10.3 Å². The number of nitrogens with one attached hydrogen (secondary N) is 1. The molecule has 1 aliphatic heterocycles. The fraction of sp³-hybridized carbons (Fsp3) is 0.107. The van der Waals surface area contributed by atoms with Gasteiger partial charge in [-0.1, -0.05) is 64.9 Å². The van der Waals surface area contributed by atoms with Gasteiger partial charge in [0.2, 0.25) is 0 Å². The summed E-state index contributed by atoms with van der Waals surface area (Å²) in [4.78, 5) is 32.5. The molecule has 0 fully saturated rings. The van der Waals surface area contributed by atoms with Gasteiger partial charge >= 0.3 is 0 Å². The SMILES string of the molecule is COc1cccc([C@H]2C(C(=O)Nc3ccccc3)=C(C)N=c3s/c(=C\c4cc(Cl)cc(Cl)c4O)c(=O)n32)c1. The van der Waals surface area contributed by atoms with E-state index in [1.165, 1.54) is 22.8 Å². The van der Waals surface area contributed by atoms with Crippen molar-refractivity contribution >= 4 is 52.2 Å². The van der Waals surface area contributed by atoms with Crippen molar-refractivity contribution in [3.8, 4) is 11.5 Å². The molecule has 2 N–H and O–H groups in total. The molecule has 0 spiro atoms. The number of fused-ring (bicyclic) bond motifs is 1. The predicted molar refractivity (Wildman–Crippen MR) is 150 cm³/mol. The van der Waals surface area contributed by atoms with E-state index in [-0.39, 0.29) is 22.2 Å². The average molecular weight is 566 g/mol. The van der Waals surface area contributed by atoms with E-state index in [9.17, 15) is 14.7 Å². The molecule has 3 aromatic carbocycles. The van der Waals surface area contributed by atoms with Gasteiger partial charge in [0.1, 0.15) is 11.5 Å². The van der Waals surface area contributed by atoms with Crippen LogP contribution >= 0.6 is 34.5 Å². The van der Waals surface area contributed by atoms with Gasteiger partial charge in [-0.05, 0) is 55.0 Å². The summed E-state index contributed by atoms with van der Waals surface area (Å²) in [5.74, 6) is 0.0183. The monoisotopic (exact) mass is 565 g/mol. The molecule has 0 bridgehead atoms. The molecule has 192 valence electrons. The van der Waals surface area contributed by atoms with Crippen LogP contribution in [0, 0.1) is 0 Å². The second-order valence-corrected chi connectivity index (χ2v) is 10.4. The molecule has 1 atom stereocenters. The molecule has 1 aliphatic rings. The van der Waals surface area contributed by atoms with E-state index < -0.39 is 6.04 Å². The van der Waals surface area contributed by atoms with E-state index >= 15 is 0 Å². The number of carbonyl (C=O) groups is 1. The van der Waals surface area contributed by atoms with Crippen LogP contribution in [0.1, 0.15) is 24.1 Å². The maximum absolute atomic E-state index is 13.8. The lowest BCUT2D eigenvalue weighted by atomic mass is 9.95. The van der Waals surface area contributed by atoms with Crippen molar-refractivity contribution in [3.63, 3.8) is 0 Å². The van der Waals surface area contributed by atoms with Gasteiger partial charge in [-0.2, -0.15) is 0 Å². The minimum absolute atomic E-state index is 0.0708. The molecule has 1 aromatic heterocycles. The first-order valence-corrected chi connectivity index (χ1v) is 13.0. The number of thiazole rings is 1. The van der Waals surface area contributed by atoms with Gasteiger partial charge in [-0.3, -0.25) is 14.2 Å². The Labute approximate surface area is 231 Å². The first-order chi connectivity index (χ1) is 18.3. The van der Waals surface area contributed by atoms with Crippen LogP contribution in [-0.4, -0.2) is 22.7 Å². The number of carbonyl (C=O) groups excluding carboxylic acids is 1. The zero-order valence-electron chi connectivity index (χ0n) is 20.2. The maximum atomic E-state index is 13.8. The highest BCUT2D eigenvalue weighted by Crippen LogP contribution is 2.33. The number of phenols is 1. The highest BCUT2D eigenvalue weighted by molar-refractivity contribution is 7.07. The summed E-state index contributed by atoms with van der Waals surface area (Å²) in [7, 11) is 1.55. The third-order valence-electron chi connectivity index (χ3n) is 6.05. The molecule has 10 heteroatoms. The van der Waals surface area contributed by atoms with Crippen LogP contribution in [0.2, 0.25) is 10.0 Å². The summed E-state index contributed by atoms with van der Waals surface area (Å²) in [5.41, 5.74) is 2.02. The van der Waals surface area contributed by atoms with E-state index in [1.54, 1.807) is 44.4 Å². The van der Waals surface area contributed by atoms with Crippen LogP contribution in [0.5, 0.6) is 11.5 Å². The number of anilines is 1. The number of benzene rings is 3. The zero-order chi connectivity index (χ0) is 27.0. The second-order valence-electron chi connectivity index (χ2n) is 8.50. The third kappa shape index (κ3) is 4.86. The number of hydrogen-bond donors (Lipinski definition) is 2. The van der Waals surface area contributed by atoms with Gasteiger partial charge in [0.15, 0.2) is 4.80 Å². The van der Waals surface area contributed by atoms with Crippen LogP contribution in [-0.2, 0) is 4.79 Å². The molecule has 0 saturated heterocycles. The minimum atomic E-state index is -0.774. The highest BCUT2D eigenvalue weighted by atomic mass is 35.5. The Bertz CT molecular complexity index is 1780. The van der Waals surface area contributed by atoms with Gasteiger partial charge in [0.05, 0.1) is 34.0 Å². The molecular formula is C28H21Cl2N3O4S. The number of methoxy groups -OCH3 is 1. The molecule has 7 nitrogen and oxygen atoms in total. The average Bonchev–Trinajstić information content (AvgIpc) is 3.20. The van der Waals surface area contributed by atoms with Gasteiger partial charge in [0, 0.05) is 16.3 Å². The fourth-order valence-corrected chi connectivity index (χ4v) is 5.84. The number of ether oxygens (including phenoxy) is 1. The van der Waals surface area contributed by atoms with Crippen LogP contribution in [0.15, 0.2) is 87.8 Å². The predicted octanol–water partition coefficient (Wildman–Crippen LogP) is 4.89. The lowest BCUT2D eigenvalue weighted by Crippen LogP contribution is -2.40. The standard InChI is InChI=1S/C28H21Cl2N3O4S/c1-15-23(26(35)32-19-8-4-3-5-9-19)24(16-7-6-10-20(12-16)37-2)33-27(36)22(38-28(33)31-15)13-17-11-18(29)14-21(30)25(17)34/h3-14,24,34H,1-2H3,(H,32,35)/b22-13-/t24-/m0/s1. The van der Waals surface area contributed by atoms with Crippen LogP contribution < -0.4 is 24.9 Å². The van der Waals surface area contributed by atoms with Gasteiger partial charge in [-0.25, -0.2) is 4.99 Å².